The fourth-order valence-corrected chi connectivity index (χ4v) is 3.30. The van der Waals surface area contributed by atoms with Crippen molar-refractivity contribution in [1.82, 2.24) is 15.8 Å². The Hall–Kier alpha value is -3.17. The maximum atomic E-state index is 12.7. The van der Waals surface area contributed by atoms with E-state index in [0.29, 0.717) is 23.8 Å². The van der Waals surface area contributed by atoms with Crippen LogP contribution in [0.15, 0.2) is 18.2 Å². The molecule has 10 nitrogen and oxygen atoms in total. The summed E-state index contributed by atoms with van der Waals surface area (Å²) in [5, 5.41) is 23.6. The Morgan fingerprint density at radius 3 is 2.62 bits per heavy atom. The summed E-state index contributed by atoms with van der Waals surface area (Å²) in [6.07, 6.45) is 2.60. The number of phenols is 1. The minimum Gasteiger partial charge on any atom is -0.502 e. The van der Waals surface area contributed by atoms with Gasteiger partial charge in [-0.15, -0.1) is 0 Å². The standard InChI is InChI=1S/C16H18N4O6/c1-9-4-6-16(7-5-9)14(23)19(15(24)17-16)18-13(22)10-2-3-11(20(25)26)12(21)8-10/h2-3,8-9,21H,4-7H2,1H3,(H,17,24)(H,18,22). The highest BCUT2D eigenvalue weighted by Gasteiger charge is 2.52. The molecule has 1 aromatic carbocycles. The molecule has 138 valence electrons. The second-order valence-electron chi connectivity index (χ2n) is 6.74. The number of nitrogens with one attached hydrogen (secondary N) is 2. The number of rotatable bonds is 3. The number of carbonyl (C=O) groups is 3. The van der Waals surface area contributed by atoms with Crippen molar-refractivity contribution < 1.29 is 24.4 Å². The third-order valence-electron chi connectivity index (χ3n) is 4.94. The average molecular weight is 362 g/mol. The Bertz CT molecular complexity index is 800. The highest BCUT2D eigenvalue weighted by Crippen LogP contribution is 2.36. The summed E-state index contributed by atoms with van der Waals surface area (Å²) >= 11 is 0. The third-order valence-corrected chi connectivity index (χ3v) is 4.94. The normalized spacial score (nSPS) is 25.3. The van der Waals surface area contributed by atoms with E-state index >= 15 is 0 Å². The number of nitro benzene ring substituents is 1. The molecule has 10 heteroatoms. The van der Waals surface area contributed by atoms with Crippen molar-refractivity contribution in [3.63, 3.8) is 0 Å². The van der Waals surface area contributed by atoms with Crippen LogP contribution in [-0.2, 0) is 4.79 Å². The van der Waals surface area contributed by atoms with Gasteiger partial charge in [-0.25, -0.2) is 4.79 Å². The molecule has 2 fully saturated rings. The molecule has 0 bridgehead atoms. The second-order valence-corrected chi connectivity index (χ2v) is 6.74. The van der Waals surface area contributed by atoms with E-state index in [-0.39, 0.29) is 5.56 Å². The van der Waals surface area contributed by atoms with E-state index in [4.69, 9.17) is 0 Å². The monoisotopic (exact) mass is 362 g/mol. The van der Waals surface area contributed by atoms with Crippen LogP contribution in [0, 0.1) is 16.0 Å². The fraction of sp³-hybridized carbons (Fsp3) is 0.438. The Labute approximate surface area is 148 Å². The molecular weight excluding hydrogens is 344 g/mol. The summed E-state index contributed by atoms with van der Waals surface area (Å²) in [5.41, 5.74) is 0.546. The topological polar surface area (TPSA) is 142 Å². The summed E-state index contributed by atoms with van der Waals surface area (Å²) in [5.74, 6) is -1.57. The summed E-state index contributed by atoms with van der Waals surface area (Å²) in [4.78, 5) is 47.0. The van der Waals surface area contributed by atoms with Crippen LogP contribution in [0.4, 0.5) is 10.5 Å². The minimum atomic E-state index is -0.992. The van der Waals surface area contributed by atoms with Gasteiger partial charge in [0.25, 0.3) is 11.8 Å². The zero-order valence-electron chi connectivity index (χ0n) is 14.0. The number of carbonyl (C=O) groups excluding carboxylic acids is 3. The first kappa shape index (κ1) is 17.6. The first-order valence-electron chi connectivity index (χ1n) is 8.18. The lowest BCUT2D eigenvalue weighted by Crippen LogP contribution is -2.51. The number of nitro groups is 1. The molecular formula is C16H18N4O6. The maximum absolute atomic E-state index is 12.7. The number of imide groups is 1. The Kier molecular flexibility index (Phi) is 4.26. The van der Waals surface area contributed by atoms with Gasteiger partial charge in [0, 0.05) is 11.6 Å². The van der Waals surface area contributed by atoms with Crippen LogP contribution in [0.3, 0.4) is 0 Å². The number of hydrazine groups is 1. The Balaban J connectivity index is 1.75. The van der Waals surface area contributed by atoms with Gasteiger partial charge >= 0.3 is 11.7 Å². The molecule has 0 atom stereocenters. The number of nitrogens with zero attached hydrogens (tertiary/aromatic N) is 2. The van der Waals surface area contributed by atoms with Gasteiger partial charge in [0.2, 0.25) is 0 Å². The molecule has 3 rings (SSSR count). The first-order chi connectivity index (χ1) is 12.2. The van der Waals surface area contributed by atoms with E-state index in [9.17, 15) is 29.6 Å². The molecule has 3 N–H and O–H groups in total. The van der Waals surface area contributed by atoms with E-state index in [2.05, 4.69) is 17.7 Å². The number of hydrogen-bond acceptors (Lipinski definition) is 6. The van der Waals surface area contributed by atoms with Crippen molar-refractivity contribution in [1.29, 1.82) is 0 Å². The van der Waals surface area contributed by atoms with Crippen molar-refractivity contribution in [3.8, 4) is 5.75 Å². The molecule has 26 heavy (non-hydrogen) atoms. The molecule has 1 heterocycles. The molecule has 0 aromatic heterocycles. The molecule has 0 radical (unpaired) electrons. The summed E-state index contributed by atoms with van der Waals surface area (Å²) in [6, 6.07) is 2.29. The van der Waals surface area contributed by atoms with Crippen molar-refractivity contribution in [3.05, 3.63) is 33.9 Å². The van der Waals surface area contributed by atoms with Crippen molar-refractivity contribution in [2.24, 2.45) is 5.92 Å². The average Bonchev–Trinajstić information content (AvgIpc) is 2.81. The van der Waals surface area contributed by atoms with E-state index < -0.39 is 39.7 Å². The lowest BCUT2D eigenvalue weighted by Gasteiger charge is -2.33. The molecule has 1 aliphatic heterocycles. The predicted octanol–water partition coefficient (Wildman–Crippen LogP) is 1.45. The lowest BCUT2D eigenvalue weighted by molar-refractivity contribution is -0.385. The van der Waals surface area contributed by atoms with E-state index in [1.54, 1.807) is 0 Å². The molecule has 1 saturated carbocycles. The zero-order chi connectivity index (χ0) is 19.1. The van der Waals surface area contributed by atoms with Crippen LogP contribution < -0.4 is 10.7 Å². The molecule has 2 aliphatic rings. The van der Waals surface area contributed by atoms with Crippen molar-refractivity contribution in [2.75, 3.05) is 0 Å². The van der Waals surface area contributed by atoms with Gasteiger partial charge in [-0.2, -0.15) is 5.01 Å². The minimum absolute atomic E-state index is 0.119. The second kappa shape index (κ2) is 6.28. The summed E-state index contributed by atoms with van der Waals surface area (Å²) in [6.45, 7) is 2.08. The van der Waals surface area contributed by atoms with Crippen molar-refractivity contribution in [2.45, 2.75) is 38.1 Å². The molecule has 4 amide bonds. The molecule has 1 aliphatic carbocycles. The number of hydrogen-bond donors (Lipinski definition) is 3. The SMILES string of the molecule is CC1CCC2(CC1)NC(=O)N(NC(=O)c1ccc([N+](=O)[O-])c(O)c1)C2=O. The smallest absolute Gasteiger partial charge is 0.344 e. The van der Waals surface area contributed by atoms with Gasteiger partial charge in [0.1, 0.15) is 5.54 Å². The van der Waals surface area contributed by atoms with Gasteiger partial charge in [0.05, 0.1) is 4.92 Å². The first-order valence-corrected chi connectivity index (χ1v) is 8.18. The fourth-order valence-electron chi connectivity index (χ4n) is 3.30. The van der Waals surface area contributed by atoms with Crippen LogP contribution >= 0.6 is 0 Å². The van der Waals surface area contributed by atoms with Crippen molar-refractivity contribution >= 4 is 23.5 Å². The number of amides is 4. The van der Waals surface area contributed by atoms with Gasteiger partial charge in [-0.1, -0.05) is 6.92 Å². The van der Waals surface area contributed by atoms with Crippen LogP contribution in [0.5, 0.6) is 5.75 Å². The van der Waals surface area contributed by atoms with E-state index in [1.165, 1.54) is 0 Å². The lowest BCUT2D eigenvalue weighted by atomic mass is 9.77. The highest BCUT2D eigenvalue weighted by molar-refractivity contribution is 6.09. The van der Waals surface area contributed by atoms with Crippen LogP contribution in [-0.4, -0.2) is 38.4 Å². The predicted molar refractivity (Wildman–Crippen MR) is 88.0 cm³/mol. The maximum Gasteiger partial charge on any atom is 0.344 e. The number of phenolic OH excluding ortho intramolecular Hbond substituents is 1. The van der Waals surface area contributed by atoms with Gasteiger partial charge < -0.3 is 10.4 Å². The number of aromatic hydroxyl groups is 1. The van der Waals surface area contributed by atoms with Gasteiger partial charge in [-0.3, -0.25) is 25.1 Å². The van der Waals surface area contributed by atoms with Crippen LogP contribution in [0.1, 0.15) is 43.0 Å². The van der Waals surface area contributed by atoms with Gasteiger partial charge in [-0.05, 0) is 43.7 Å². The summed E-state index contributed by atoms with van der Waals surface area (Å²) in [7, 11) is 0. The van der Waals surface area contributed by atoms with E-state index in [1.807, 2.05) is 0 Å². The van der Waals surface area contributed by atoms with Crippen LogP contribution in [0.25, 0.3) is 0 Å². The number of benzene rings is 1. The Morgan fingerprint density at radius 2 is 2.04 bits per heavy atom. The molecule has 1 aromatic rings. The van der Waals surface area contributed by atoms with E-state index in [0.717, 1.165) is 31.0 Å². The molecule has 0 unspecified atom stereocenters. The largest absolute Gasteiger partial charge is 0.502 e. The molecule has 1 spiro atoms. The Morgan fingerprint density at radius 1 is 1.38 bits per heavy atom. The highest BCUT2D eigenvalue weighted by atomic mass is 16.6. The zero-order valence-corrected chi connectivity index (χ0v) is 14.0. The van der Waals surface area contributed by atoms with Crippen LogP contribution in [0.2, 0.25) is 0 Å². The van der Waals surface area contributed by atoms with Gasteiger partial charge in [0.15, 0.2) is 5.75 Å². The molecule has 1 saturated heterocycles. The quantitative estimate of drug-likeness (QED) is 0.422. The third kappa shape index (κ3) is 2.93. The summed E-state index contributed by atoms with van der Waals surface area (Å²) < 4.78 is 0. The number of urea groups is 1.